The molecule has 0 unspecified atom stereocenters. The lowest BCUT2D eigenvalue weighted by molar-refractivity contribution is 0.0472. The molecule has 8 heteroatoms. The van der Waals surface area contributed by atoms with Crippen molar-refractivity contribution in [2.75, 3.05) is 6.61 Å². The summed E-state index contributed by atoms with van der Waals surface area (Å²) in [7, 11) is 0. The molecule has 134 valence electrons. The fourth-order valence-electron chi connectivity index (χ4n) is 2.13. The van der Waals surface area contributed by atoms with Gasteiger partial charge in [-0.2, -0.15) is 0 Å². The number of thiophene rings is 1. The first-order chi connectivity index (χ1) is 12.5. The van der Waals surface area contributed by atoms with Gasteiger partial charge in [0.25, 0.3) is 0 Å². The second-order valence-electron chi connectivity index (χ2n) is 5.25. The Balaban J connectivity index is 1.62. The third-order valence-electron chi connectivity index (χ3n) is 3.33. The van der Waals surface area contributed by atoms with Crippen LogP contribution in [0.15, 0.2) is 50.5 Å². The Labute approximate surface area is 171 Å². The van der Waals surface area contributed by atoms with Crippen molar-refractivity contribution >= 4 is 62.1 Å². The summed E-state index contributed by atoms with van der Waals surface area (Å²) in [5.41, 5.74) is 1.45. The Bertz CT molecular complexity index is 935. The van der Waals surface area contributed by atoms with E-state index in [0.29, 0.717) is 16.2 Å². The van der Waals surface area contributed by atoms with E-state index in [-0.39, 0.29) is 12.4 Å². The second-order valence-corrected chi connectivity index (χ2v) is 9.79. The number of thiazole rings is 1. The smallest absolute Gasteiger partial charge is 0.339 e. The molecular formula is C18H14BrNO3S3. The van der Waals surface area contributed by atoms with Gasteiger partial charge in [0.15, 0.2) is 6.61 Å². The molecule has 0 saturated carbocycles. The number of carbonyl (C=O) groups is 2. The van der Waals surface area contributed by atoms with E-state index >= 15 is 0 Å². The lowest BCUT2D eigenvalue weighted by Crippen LogP contribution is -2.14. The van der Waals surface area contributed by atoms with Crippen molar-refractivity contribution in [3.63, 3.8) is 0 Å². The first-order valence-corrected chi connectivity index (χ1v) is 11.1. The average molecular weight is 468 g/mol. The minimum Gasteiger partial charge on any atom is -0.454 e. The molecule has 2 aromatic heterocycles. The van der Waals surface area contributed by atoms with E-state index in [1.807, 2.05) is 24.4 Å². The number of Topliss-reactive ketones (excluding diaryl/α,β-unsaturated/α-hetero) is 1. The number of carbonyl (C=O) groups excluding carboxylic acids is 2. The summed E-state index contributed by atoms with van der Waals surface area (Å²) in [5.74, 6) is -0.0276. The van der Waals surface area contributed by atoms with Crippen LogP contribution in [0.3, 0.4) is 0 Å². The fourth-order valence-corrected chi connectivity index (χ4v) is 5.09. The van der Waals surface area contributed by atoms with Gasteiger partial charge in [-0.05, 0) is 47.1 Å². The molecule has 0 aliphatic rings. The zero-order chi connectivity index (χ0) is 18.5. The third kappa shape index (κ3) is 5.03. The van der Waals surface area contributed by atoms with E-state index in [1.165, 1.54) is 23.1 Å². The molecule has 26 heavy (non-hydrogen) atoms. The Morgan fingerprint density at radius 3 is 2.73 bits per heavy atom. The molecule has 2 heterocycles. The van der Waals surface area contributed by atoms with Gasteiger partial charge in [0, 0.05) is 16.0 Å². The number of benzene rings is 1. The number of aromatic nitrogens is 1. The van der Waals surface area contributed by atoms with Crippen LogP contribution >= 0.6 is 50.4 Å². The molecule has 1 aromatic carbocycles. The Hall–Kier alpha value is -1.48. The molecule has 0 N–H and O–H groups in total. The van der Waals surface area contributed by atoms with E-state index in [1.54, 1.807) is 35.6 Å². The molecule has 0 bridgehead atoms. The number of ether oxygens (including phenoxy) is 1. The highest BCUT2D eigenvalue weighted by Crippen LogP contribution is 2.27. The van der Waals surface area contributed by atoms with Gasteiger partial charge >= 0.3 is 5.97 Å². The van der Waals surface area contributed by atoms with Crippen molar-refractivity contribution in [2.24, 2.45) is 0 Å². The zero-order valence-corrected chi connectivity index (χ0v) is 17.8. The van der Waals surface area contributed by atoms with Gasteiger partial charge in [-0.15, -0.1) is 34.4 Å². The molecule has 0 fully saturated rings. The minimum atomic E-state index is -0.494. The monoisotopic (exact) mass is 467 g/mol. The maximum Gasteiger partial charge on any atom is 0.339 e. The summed E-state index contributed by atoms with van der Waals surface area (Å²) in [5, 5.41) is 3.04. The molecule has 0 radical (unpaired) electrons. The van der Waals surface area contributed by atoms with Gasteiger partial charge in [0.2, 0.25) is 5.78 Å². The number of hydrogen-bond acceptors (Lipinski definition) is 7. The van der Waals surface area contributed by atoms with Gasteiger partial charge in [0.05, 0.1) is 24.9 Å². The van der Waals surface area contributed by atoms with Gasteiger partial charge in [-0.1, -0.05) is 12.1 Å². The van der Waals surface area contributed by atoms with E-state index in [9.17, 15) is 9.59 Å². The van der Waals surface area contributed by atoms with Gasteiger partial charge in [-0.3, -0.25) is 4.79 Å². The number of hydrogen-bond donors (Lipinski definition) is 0. The van der Waals surface area contributed by atoms with E-state index in [2.05, 4.69) is 20.9 Å². The first-order valence-electron chi connectivity index (χ1n) is 7.61. The quantitative estimate of drug-likeness (QED) is 0.256. The largest absolute Gasteiger partial charge is 0.454 e. The van der Waals surface area contributed by atoms with E-state index in [0.717, 1.165) is 19.4 Å². The van der Waals surface area contributed by atoms with Crippen LogP contribution in [0.5, 0.6) is 0 Å². The number of ketones is 1. The van der Waals surface area contributed by atoms with Crippen LogP contribution in [-0.4, -0.2) is 23.3 Å². The molecule has 0 aliphatic carbocycles. The van der Waals surface area contributed by atoms with Crippen LogP contribution in [-0.2, 0) is 10.5 Å². The van der Waals surface area contributed by atoms with Crippen LogP contribution in [0.4, 0.5) is 0 Å². The standard InChI is InChI=1S/C18H14BrNO3S3/c1-11-20-12(9-24-11)10-25-15-5-3-2-4-13(15)18(22)23-8-14(21)16-6-7-17(19)26-16/h2-7,9H,8,10H2,1H3. The number of aryl methyl sites for hydroxylation is 1. The van der Waals surface area contributed by atoms with Crippen LogP contribution in [0.1, 0.15) is 30.7 Å². The van der Waals surface area contributed by atoms with Gasteiger partial charge < -0.3 is 4.74 Å². The third-order valence-corrected chi connectivity index (χ3v) is 6.93. The van der Waals surface area contributed by atoms with Crippen LogP contribution in [0, 0.1) is 6.92 Å². The minimum absolute atomic E-state index is 0.211. The molecule has 3 aromatic rings. The van der Waals surface area contributed by atoms with Crippen molar-refractivity contribution in [3.8, 4) is 0 Å². The van der Waals surface area contributed by atoms with Crippen molar-refractivity contribution < 1.29 is 14.3 Å². The number of rotatable bonds is 7. The summed E-state index contributed by atoms with van der Waals surface area (Å²) in [6.45, 7) is 1.70. The van der Waals surface area contributed by atoms with Crippen LogP contribution in [0.2, 0.25) is 0 Å². The number of halogens is 1. The summed E-state index contributed by atoms with van der Waals surface area (Å²) < 4.78 is 6.09. The molecule has 3 rings (SSSR count). The topological polar surface area (TPSA) is 56.3 Å². The van der Waals surface area contributed by atoms with E-state index in [4.69, 9.17) is 4.74 Å². The SMILES string of the molecule is Cc1nc(CSc2ccccc2C(=O)OCC(=O)c2ccc(Br)s2)cs1. The van der Waals surface area contributed by atoms with Crippen LogP contribution < -0.4 is 0 Å². The zero-order valence-electron chi connectivity index (χ0n) is 13.7. The van der Waals surface area contributed by atoms with E-state index < -0.39 is 5.97 Å². The lowest BCUT2D eigenvalue weighted by Gasteiger charge is -2.08. The van der Waals surface area contributed by atoms with Gasteiger partial charge in [-0.25, -0.2) is 9.78 Å². The maximum atomic E-state index is 12.4. The molecule has 0 spiro atoms. The van der Waals surface area contributed by atoms with Gasteiger partial charge in [0.1, 0.15) is 0 Å². The maximum absolute atomic E-state index is 12.4. The predicted octanol–water partition coefficient (Wildman–Crippen LogP) is 5.61. The highest BCUT2D eigenvalue weighted by atomic mass is 79.9. The molecule has 4 nitrogen and oxygen atoms in total. The van der Waals surface area contributed by atoms with Crippen molar-refractivity contribution in [1.82, 2.24) is 4.98 Å². The summed E-state index contributed by atoms with van der Waals surface area (Å²) in [4.78, 5) is 30.3. The Morgan fingerprint density at radius 2 is 2.04 bits per heavy atom. The summed E-state index contributed by atoms with van der Waals surface area (Å²) in [6.07, 6.45) is 0. The highest BCUT2D eigenvalue weighted by Gasteiger charge is 2.16. The normalized spacial score (nSPS) is 10.7. The average Bonchev–Trinajstić information content (AvgIpc) is 3.26. The number of nitrogens with zero attached hydrogens (tertiary/aromatic N) is 1. The predicted molar refractivity (Wildman–Crippen MR) is 109 cm³/mol. The molecule has 0 saturated heterocycles. The molecule has 0 aliphatic heterocycles. The molecule has 0 amide bonds. The second kappa shape index (κ2) is 8.94. The van der Waals surface area contributed by atoms with Crippen molar-refractivity contribution in [3.05, 3.63) is 66.7 Å². The number of thioether (sulfide) groups is 1. The summed E-state index contributed by atoms with van der Waals surface area (Å²) >= 11 is 7.77. The van der Waals surface area contributed by atoms with Crippen molar-refractivity contribution in [1.29, 1.82) is 0 Å². The Kier molecular flexibility index (Phi) is 6.63. The lowest BCUT2D eigenvalue weighted by atomic mass is 10.2. The highest BCUT2D eigenvalue weighted by molar-refractivity contribution is 9.11. The van der Waals surface area contributed by atoms with Crippen LogP contribution in [0.25, 0.3) is 0 Å². The Morgan fingerprint density at radius 1 is 1.23 bits per heavy atom. The fraction of sp³-hybridized carbons (Fsp3) is 0.167. The summed E-state index contributed by atoms with van der Waals surface area (Å²) in [6, 6.07) is 10.8. The first kappa shape index (κ1) is 19.3. The van der Waals surface area contributed by atoms with Crippen molar-refractivity contribution in [2.45, 2.75) is 17.6 Å². The number of esters is 1. The molecule has 0 atom stereocenters. The molecular weight excluding hydrogens is 454 g/mol.